The van der Waals surface area contributed by atoms with Crippen molar-refractivity contribution in [1.29, 1.82) is 0 Å². The highest BCUT2D eigenvalue weighted by Gasteiger charge is 2.00. The minimum atomic E-state index is 0.267. The highest BCUT2D eigenvalue weighted by Crippen LogP contribution is 2.20. The number of pyridine rings is 1. The second-order valence-corrected chi connectivity index (χ2v) is 3.96. The predicted molar refractivity (Wildman–Crippen MR) is 69.1 cm³/mol. The van der Waals surface area contributed by atoms with Crippen LogP contribution in [0.4, 0.5) is 5.82 Å². The number of aromatic hydroxyl groups is 1. The van der Waals surface area contributed by atoms with Gasteiger partial charge in [0.1, 0.15) is 5.75 Å². The van der Waals surface area contributed by atoms with Crippen LogP contribution in [0.15, 0.2) is 41.5 Å². The molecule has 17 heavy (non-hydrogen) atoms. The third kappa shape index (κ3) is 2.69. The Bertz CT molecular complexity index is 545. The molecule has 0 radical (unpaired) electrons. The van der Waals surface area contributed by atoms with Gasteiger partial charge in [0.15, 0.2) is 5.82 Å². The van der Waals surface area contributed by atoms with Crippen molar-refractivity contribution < 1.29 is 5.11 Å². The van der Waals surface area contributed by atoms with Crippen LogP contribution in [0.3, 0.4) is 0 Å². The van der Waals surface area contributed by atoms with E-state index in [1.807, 2.05) is 44.2 Å². The Labute approximate surface area is 100 Å². The summed E-state index contributed by atoms with van der Waals surface area (Å²) in [4.78, 5) is 8.39. The summed E-state index contributed by atoms with van der Waals surface area (Å²) in [6.45, 7) is 3.84. The van der Waals surface area contributed by atoms with Gasteiger partial charge < -0.3 is 5.11 Å². The molecule has 1 N–H and O–H groups in total. The molecule has 0 aliphatic rings. The van der Waals surface area contributed by atoms with Crippen LogP contribution in [0.1, 0.15) is 16.7 Å². The molecule has 0 unspecified atom stereocenters. The quantitative estimate of drug-likeness (QED) is 0.799. The van der Waals surface area contributed by atoms with Crippen LogP contribution < -0.4 is 0 Å². The van der Waals surface area contributed by atoms with E-state index in [1.54, 1.807) is 12.4 Å². The number of nitrogens with zero attached hydrogens (tertiary/aromatic N) is 2. The molecule has 0 saturated heterocycles. The van der Waals surface area contributed by atoms with E-state index in [1.165, 1.54) is 0 Å². The summed E-state index contributed by atoms with van der Waals surface area (Å²) >= 11 is 0. The van der Waals surface area contributed by atoms with E-state index in [0.717, 1.165) is 11.1 Å². The number of benzene rings is 1. The molecule has 86 valence electrons. The Morgan fingerprint density at radius 1 is 1.18 bits per heavy atom. The second-order valence-electron chi connectivity index (χ2n) is 3.96. The van der Waals surface area contributed by atoms with Gasteiger partial charge >= 0.3 is 0 Å². The smallest absolute Gasteiger partial charge is 0.151 e. The van der Waals surface area contributed by atoms with Crippen LogP contribution in [0.25, 0.3) is 0 Å². The van der Waals surface area contributed by atoms with Crippen LogP contribution in [0.5, 0.6) is 5.75 Å². The molecular formula is C14H14N2O. The van der Waals surface area contributed by atoms with Crippen LogP contribution in [0.2, 0.25) is 0 Å². The van der Waals surface area contributed by atoms with Crippen molar-refractivity contribution in [3.63, 3.8) is 0 Å². The highest BCUT2D eigenvalue weighted by molar-refractivity contribution is 5.85. The van der Waals surface area contributed by atoms with Crippen molar-refractivity contribution in [2.75, 3.05) is 0 Å². The van der Waals surface area contributed by atoms with Gasteiger partial charge in [-0.25, -0.2) is 9.98 Å². The van der Waals surface area contributed by atoms with Crippen LogP contribution in [0, 0.1) is 13.8 Å². The highest BCUT2D eigenvalue weighted by atomic mass is 16.3. The van der Waals surface area contributed by atoms with Gasteiger partial charge in [0.25, 0.3) is 0 Å². The molecule has 3 nitrogen and oxygen atoms in total. The Hall–Kier alpha value is -2.16. The first-order valence-corrected chi connectivity index (χ1v) is 5.42. The maximum Gasteiger partial charge on any atom is 0.151 e. The van der Waals surface area contributed by atoms with Gasteiger partial charge in [0.2, 0.25) is 0 Å². The van der Waals surface area contributed by atoms with Gasteiger partial charge in [-0.15, -0.1) is 0 Å². The Kier molecular flexibility index (Phi) is 3.19. The zero-order chi connectivity index (χ0) is 12.3. The normalized spacial score (nSPS) is 10.9. The lowest BCUT2D eigenvalue weighted by Gasteiger charge is -2.01. The van der Waals surface area contributed by atoms with Crippen LogP contribution in [-0.2, 0) is 0 Å². The van der Waals surface area contributed by atoms with Gasteiger partial charge in [-0.2, -0.15) is 0 Å². The minimum absolute atomic E-state index is 0.267. The SMILES string of the molecule is Cc1ccc(N=Cc2cccc(C)c2O)nc1. The molecule has 0 saturated carbocycles. The van der Waals surface area contributed by atoms with E-state index in [0.29, 0.717) is 11.4 Å². The van der Waals surface area contributed by atoms with Crippen molar-refractivity contribution in [2.24, 2.45) is 4.99 Å². The molecule has 0 aliphatic carbocycles. The zero-order valence-electron chi connectivity index (χ0n) is 9.88. The van der Waals surface area contributed by atoms with E-state index in [-0.39, 0.29) is 5.75 Å². The van der Waals surface area contributed by atoms with E-state index < -0.39 is 0 Å². The summed E-state index contributed by atoms with van der Waals surface area (Å²) in [6, 6.07) is 9.37. The Balaban J connectivity index is 2.26. The summed E-state index contributed by atoms with van der Waals surface area (Å²) in [6.07, 6.45) is 3.39. The first-order chi connectivity index (χ1) is 8.16. The fourth-order valence-corrected chi connectivity index (χ4v) is 1.46. The molecule has 0 amide bonds. The maximum atomic E-state index is 9.81. The minimum Gasteiger partial charge on any atom is -0.507 e. The molecule has 0 bridgehead atoms. The molecule has 0 aliphatic heterocycles. The van der Waals surface area contributed by atoms with Gasteiger partial charge in [0.05, 0.1) is 0 Å². The van der Waals surface area contributed by atoms with Gasteiger partial charge in [-0.05, 0) is 37.1 Å². The fourth-order valence-electron chi connectivity index (χ4n) is 1.46. The van der Waals surface area contributed by atoms with Crippen molar-refractivity contribution in [1.82, 2.24) is 4.98 Å². The third-order valence-electron chi connectivity index (χ3n) is 2.50. The Morgan fingerprint density at radius 3 is 2.71 bits per heavy atom. The largest absolute Gasteiger partial charge is 0.507 e. The lowest BCUT2D eigenvalue weighted by molar-refractivity contribution is 0.470. The van der Waals surface area contributed by atoms with E-state index >= 15 is 0 Å². The van der Waals surface area contributed by atoms with Crippen molar-refractivity contribution in [3.8, 4) is 5.75 Å². The molecule has 1 aromatic carbocycles. The zero-order valence-corrected chi connectivity index (χ0v) is 9.88. The number of phenolic OH excluding ortho intramolecular Hbond substituents is 1. The number of aryl methyl sites for hydroxylation is 2. The van der Waals surface area contributed by atoms with Gasteiger partial charge in [-0.1, -0.05) is 18.2 Å². The molecule has 2 rings (SSSR count). The lowest BCUT2D eigenvalue weighted by Crippen LogP contribution is -1.85. The van der Waals surface area contributed by atoms with Crippen molar-refractivity contribution >= 4 is 12.0 Å². The summed E-state index contributed by atoms with van der Waals surface area (Å²) < 4.78 is 0. The van der Waals surface area contributed by atoms with Gasteiger partial charge in [0, 0.05) is 18.0 Å². The maximum absolute atomic E-state index is 9.81. The second kappa shape index (κ2) is 4.78. The van der Waals surface area contributed by atoms with Crippen molar-refractivity contribution in [2.45, 2.75) is 13.8 Å². The molecule has 0 fully saturated rings. The number of hydrogen-bond acceptors (Lipinski definition) is 3. The van der Waals surface area contributed by atoms with E-state index in [9.17, 15) is 5.11 Å². The third-order valence-corrected chi connectivity index (χ3v) is 2.50. The monoisotopic (exact) mass is 226 g/mol. The first kappa shape index (κ1) is 11.3. The van der Waals surface area contributed by atoms with Gasteiger partial charge in [-0.3, -0.25) is 0 Å². The molecule has 2 aromatic rings. The number of phenols is 1. The molecule has 0 spiro atoms. The number of aliphatic imine (C=N–C) groups is 1. The standard InChI is InChI=1S/C14H14N2O/c1-10-6-7-13(15-8-10)16-9-12-5-3-4-11(2)14(12)17/h3-9,17H,1-2H3. The van der Waals surface area contributed by atoms with Crippen molar-refractivity contribution in [3.05, 3.63) is 53.2 Å². The fraction of sp³-hybridized carbons (Fsp3) is 0.143. The molecule has 3 heteroatoms. The van der Waals surface area contributed by atoms with E-state index in [2.05, 4.69) is 9.98 Å². The molecule has 1 aromatic heterocycles. The van der Waals surface area contributed by atoms with E-state index in [4.69, 9.17) is 0 Å². The average Bonchev–Trinajstić information content (AvgIpc) is 2.33. The summed E-state index contributed by atoms with van der Waals surface area (Å²) in [5.41, 5.74) is 2.64. The summed E-state index contributed by atoms with van der Waals surface area (Å²) in [7, 11) is 0. The number of para-hydroxylation sites is 1. The number of aromatic nitrogens is 1. The van der Waals surface area contributed by atoms with Crippen LogP contribution in [-0.4, -0.2) is 16.3 Å². The molecule has 0 atom stereocenters. The first-order valence-electron chi connectivity index (χ1n) is 5.42. The molecule has 1 heterocycles. The lowest BCUT2D eigenvalue weighted by atomic mass is 10.1. The number of rotatable bonds is 2. The average molecular weight is 226 g/mol. The number of hydrogen-bond donors (Lipinski definition) is 1. The predicted octanol–water partition coefficient (Wildman–Crippen LogP) is 3.15. The summed E-state index contributed by atoms with van der Waals surface area (Å²) in [5.74, 6) is 0.903. The summed E-state index contributed by atoms with van der Waals surface area (Å²) in [5, 5.41) is 9.81. The van der Waals surface area contributed by atoms with Crippen LogP contribution >= 0.6 is 0 Å². The topological polar surface area (TPSA) is 45.5 Å². The molecular weight excluding hydrogens is 212 g/mol. The Morgan fingerprint density at radius 2 is 2.00 bits per heavy atom.